The van der Waals surface area contributed by atoms with Crippen molar-refractivity contribution in [3.8, 4) is 0 Å². The summed E-state index contributed by atoms with van der Waals surface area (Å²) < 4.78 is 0. The van der Waals surface area contributed by atoms with E-state index < -0.39 is 0 Å². The number of amides is 1. The van der Waals surface area contributed by atoms with Crippen LogP contribution in [0.4, 0.5) is 5.82 Å². The number of fused-ring (bicyclic) bond motifs is 1. The van der Waals surface area contributed by atoms with Gasteiger partial charge in [-0.15, -0.1) is 0 Å². The van der Waals surface area contributed by atoms with E-state index in [9.17, 15) is 4.79 Å². The highest BCUT2D eigenvalue weighted by Gasteiger charge is 2.09. The predicted octanol–water partition coefficient (Wildman–Crippen LogP) is 3.20. The Bertz CT molecular complexity index is 874. The minimum absolute atomic E-state index is 0.208. The van der Waals surface area contributed by atoms with Crippen LogP contribution in [0.2, 0.25) is 0 Å². The summed E-state index contributed by atoms with van der Waals surface area (Å²) in [7, 11) is 0. The first kappa shape index (κ1) is 14.1. The van der Waals surface area contributed by atoms with E-state index in [0.717, 1.165) is 22.6 Å². The Hall–Kier alpha value is -2.82. The van der Waals surface area contributed by atoms with E-state index in [1.807, 2.05) is 39.0 Å². The van der Waals surface area contributed by atoms with Gasteiger partial charge >= 0.3 is 0 Å². The van der Waals surface area contributed by atoms with Gasteiger partial charge in [0.05, 0.1) is 22.4 Å². The van der Waals surface area contributed by atoms with Crippen LogP contribution in [0.25, 0.3) is 11.0 Å². The summed E-state index contributed by atoms with van der Waals surface area (Å²) in [6, 6.07) is 10.8. The first-order valence-corrected chi connectivity index (χ1v) is 7.03. The van der Waals surface area contributed by atoms with Gasteiger partial charge in [-0.05, 0) is 51.1 Å². The second-order valence-electron chi connectivity index (χ2n) is 5.22. The molecule has 3 aromatic rings. The number of aromatic nitrogens is 3. The fourth-order valence-corrected chi connectivity index (χ4v) is 2.17. The van der Waals surface area contributed by atoms with Crippen molar-refractivity contribution in [2.24, 2.45) is 0 Å². The molecule has 5 nitrogen and oxygen atoms in total. The average molecular weight is 292 g/mol. The zero-order valence-corrected chi connectivity index (χ0v) is 12.7. The van der Waals surface area contributed by atoms with Crippen LogP contribution in [-0.4, -0.2) is 20.9 Å². The van der Waals surface area contributed by atoms with E-state index in [1.54, 1.807) is 18.2 Å². The summed E-state index contributed by atoms with van der Waals surface area (Å²) in [6.45, 7) is 5.71. The molecule has 0 saturated carbocycles. The minimum Gasteiger partial charge on any atom is -0.307 e. The Morgan fingerprint density at radius 1 is 0.909 bits per heavy atom. The molecule has 0 fully saturated rings. The van der Waals surface area contributed by atoms with Gasteiger partial charge in [0.25, 0.3) is 5.91 Å². The van der Waals surface area contributed by atoms with Crippen LogP contribution in [0.3, 0.4) is 0 Å². The van der Waals surface area contributed by atoms with Gasteiger partial charge in [0.15, 0.2) is 0 Å². The molecule has 22 heavy (non-hydrogen) atoms. The number of nitrogens with zero attached hydrogens (tertiary/aromatic N) is 3. The summed E-state index contributed by atoms with van der Waals surface area (Å²) in [4.78, 5) is 25.5. The maximum Gasteiger partial charge on any atom is 0.256 e. The molecule has 0 aliphatic rings. The number of hydrogen-bond acceptors (Lipinski definition) is 4. The quantitative estimate of drug-likeness (QED) is 0.787. The van der Waals surface area contributed by atoms with E-state index in [-0.39, 0.29) is 5.91 Å². The molecule has 0 aliphatic heterocycles. The fraction of sp³-hybridized carbons (Fsp3) is 0.176. The Kier molecular flexibility index (Phi) is 3.55. The standard InChI is InChI=1S/C17H16N4O/c1-10-5-4-6-16(18-10)21-17(22)13-7-8-14-15(9-13)20-12(3)11(2)19-14/h4-9H,1-3H3,(H,18,21,22). The van der Waals surface area contributed by atoms with Crippen LogP contribution >= 0.6 is 0 Å². The first-order valence-electron chi connectivity index (χ1n) is 7.03. The summed E-state index contributed by atoms with van der Waals surface area (Å²) in [6.07, 6.45) is 0. The second kappa shape index (κ2) is 5.52. The van der Waals surface area contributed by atoms with Gasteiger partial charge in [0.1, 0.15) is 5.82 Å². The molecule has 3 rings (SSSR count). The van der Waals surface area contributed by atoms with Gasteiger partial charge in [0, 0.05) is 11.3 Å². The van der Waals surface area contributed by atoms with E-state index in [0.29, 0.717) is 16.9 Å². The normalized spacial score (nSPS) is 10.7. The average Bonchev–Trinajstić information content (AvgIpc) is 2.48. The lowest BCUT2D eigenvalue weighted by molar-refractivity contribution is 0.102. The fourth-order valence-electron chi connectivity index (χ4n) is 2.17. The summed E-state index contributed by atoms with van der Waals surface area (Å²) >= 11 is 0. The van der Waals surface area contributed by atoms with Gasteiger partial charge in [0.2, 0.25) is 0 Å². The number of rotatable bonds is 2. The van der Waals surface area contributed by atoms with Crippen molar-refractivity contribution < 1.29 is 4.79 Å². The number of benzene rings is 1. The number of nitrogens with one attached hydrogen (secondary N) is 1. The predicted molar refractivity (Wildman–Crippen MR) is 85.9 cm³/mol. The number of hydrogen-bond donors (Lipinski definition) is 1. The number of pyridine rings is 1. The van der Waals surface area contributed by atoms with Gasteiger partial charge in [-0.25, -0.2) is 15.0 Å². The Morgan fingerprint density at radius 3 is 2.36 bits per heavy atom. The molecule has 0 radical (unpaired) electrons. The van der Waals surface area contributed by atoms with Crippen molar-refractivity contribution in [3.63, 3.8) is 0 Å². The number of anilines is 1. The van der Waals surface area contributed by atoms with Crippen LogP contribution in [0.1, 0.15) is 27.4 Å². The number of carbonyl (C=O) groups excluding carboxylic acids is 1. The highest BCUT2D eigenvalue weighted by molar-refractivity contribution is 6.05. The molecule has 0 bridgehead atoms. The monoisotopic (exact) mass is 292 g/mol. The second-order valence-corrected chi connectivity index (χ2v) is 5.22. The molecular weight excluding hydrogens is 276 g/mol. The molecule has 1 aromatic carbocycles. The topological polar surface area (TPSA) is 67.8 Å². The van der Waals surface area contributed by atoms with Crippen LogP contribution < -0.4 is 5.32 Å². The third-order valence-electron chi connectivity index (χ3n) is 3.47. The smallest absolute Gasteiger partial charge is 0.256 e. The Balaban J connectivity index is 1.92. The Morgan fingerprint density at radius 2 is 1.64 bits per heavy atom. The maximum absolute atomic E-state index is 12.3. The molecule has 1 amide bonds. The lowest BCUT2D eigenvalue weighted by Gasteiger charge is -2.07. The van der Waals surface area contributed by atoms with Crippen molar-refractivity contribution >= 4 is 22.8 Å². The largest absolute Gasteiger partial charge is 0.307 e. The summed E-state index contributed by atoms with van der Waals surface area (Å²) in [5.74, 6) is 0.330. The van der Waals surface area contributed by atoms with Crippen LogP contribution in [0.5, 0.6) is 0 Å². The molecule has 0 saturated heterocycles. The lowest BCUT2D eigenvalue weighted by Crippen LogP contribution is -2.13. The number of aryl methyl sites for hydroxylation is 3. The van der Waals surface area contributed by atoms with E-state index in [2.05, 4.69) is 20.3 Å². The molecular formula is C17H16N4O. The Labute approximate surface area is 128 Å². The molecule has 0 aliphatic carbocycles. The van der Waals surface area contributed by atoms with Crippen molar-refractivity contribution in [3.05, 3.63) is 59.0 Å². The molecule has 1 N–H and O–H groups in total. The SMILES string of the molecule is Cc1cccc(NC(=O)c2ccc3nc(C)c(C)nc3c2)n1. The van der Waals surface area contributed by atoms with E-state index >= 15 is 0 Å². The van der Waals surface area contributed by atoms with Gasteiger partial charge in [-0.1, -0.05) is 6.07 Å². The van der Waals surface area contributed by atoms with Crippen molar-refractivity contribution in [1.82, 2.24) is 15.0 Å². The van der Waals surface area contributed by atoms with Gasteiger partial charge < -0.3 is 5.32 Å². The van der Waals surface area contributed by atoms with Gasteiger partial charge in [-0.3, -0.25) is 4.79 Å². The van der Waals surface area contributed by atoms with Crippen molar-refractivity contribution in [1.29, 1.82) is 0 Å². The van der Waals surface area contributed by atoms with Crippen LogP contribution in [-0.2, 0) is 0 Å². The molecule has 0 atom stereocenters. The first-order chi connectivity index (χ1) is 10.5. The highest BCUT2D eigenvalue weighted by Crippen LogP contribution is 2.15. The molecule has 5 heteroatoms. The zero-order chi connectivity index (χ0) is 15.7. The third-order valence-corrected chi connectivity index (χ3v) is 3.47. The minimum atomic E-state index is -0.208. The number of carbonyl (C=O) groups is 1. The molecule has 110 valence electrons. The molecule has 2 heterocycles. The lowest BCUT2D eigenvalue weighted by atomic mass is 10.1. The van der Waals surface area contributed by atoms with E-state index in [4.69, 9.17) is 0 Å². The summed E-state index contributed by atoms with van der Waals surface area (Å²) in [5.41, 5.74) is 4.65. The molecule has 2 aromatic heterocycles. The summed E-state index contributed by atoms with van der Waals surface area (Å²) in [5, 5.41) is 2.79. The molecule has 0 unspecified atom stereocenters. The molecule has 0 spiro atoms. The van der Waals surface area contributed by atoms with Crippen molar-refractivity contribution in [2.45, 2.75) is 20.8 Å². The van der Waals surface area contributed by atoms with Gasteiger partial charge in [-0.2, -0.15) is 0 Å². The van der Waals surface area contributed by atoms with Crippen molar-refractivity contribution in [2.75, 3.05) is 5.32 Å². The highest BCUT2D eigenvalue weighted by atomic mass is 16.1. The van der Waals surface area contributed by atoms with Crippen LogP contribution in [0, 0.1) is 20.8 Å². The zero-order valence-electron chi connectivity index (χ0n) is 12.7. The maximum atomic E-state index is 12.3. The third kappa shape index (κ3) is 2.79. The van der Waals surface area contributed by atoms with Crippen LogP contribution in [0.15, 0.2) is 36.4 Å². The van der Waals surface area contributed by atoms with E-state index in [1.165, 1.54) is 0 Å².